The molecule has 9 nitrogen and oxygen atoms in total. The third-order valence-electron chi connectivity index (χ3n) is 5.36. The summed E-state index contributed by atoms with van der Waals surface area (Å²) < 4.78 is 5.19. The van der Waals surface area contributed by atoms with Crippen LogP contribution in [0.25, 0.3) is 6.08 Å². The average Bonchev–Trinajstić information content (AvgIpc) is 3.38. The Hall–Kier alpha value is -4.11. The number of carbonyl (C=O) groups excluding carboxylic acids is 2. The van der Waals surface area contributed by atoms with Crippen molar-refractivity contribution >= 4 is 46.6 Å². The average molecular weight is 481 g/mol. The van der Waals surface area contributed by atoms with Gasteiger partial charge < -0.3 is 19.5 Å². The predicted octanol–water partition coefficient (Wildman–Crippen LogP) is 4.46. The topological polar surface area (TPSA) is 109 Å². The molecule has 1 N–H and O–H groups in total. The van der Waals surface area contributed by atoms with E-state index in [1.165, 1.54) is 30.5 Å². The molecule has 4 rings (SSSR count). The second kappa shape index (κ2) is 10.2. The van der Waals surface area contributed by atoms with Crippen molar-refractivity contribution in [3.8, 4) is 0 Å². The highest BCUT2D eigenvalue weighted by Gasteiger charge is 2.24. The van der Waals surface area contributed by atoms with Gasteiger partial charge in [-0.05, 0) is 42.0 Å². The van der Waals surface area contributed by atoms with E-state index in [1.54, 1.807) is 41.3 Å². The lowest BCUT2D eigenvalue weighted by atomic mass is 10.2. The van der Waals surface area contributed by atoms with Gasteiger partial charge in [0.1, 0.15) is 0 Å². The van der Waals surface area contributed by atoms with Crippen LogP contribution in [0.1, 0.15) is 16.1 Å². The Bertz CT molecular complexity index is 1230. The van der Waals surface area contributed by atoms with E-state index in [-0.39, 0.29) is 17.5 Å². The number of amides is 2. The number of anilines is 2. The maximum absolute atomic E-state index is 12.4. The number of nitro benzene ring substituents is 1. The third-order valence-corrected chi connectivity index (χ3v) is 5.67. The number of nitro groups is 1. The first kappa shape index (κ1) is 23.1. The fourth-order valence-electron chi connectivity index (χ4n) is 3.65. The van der Waals surface area contributed by atoms with Crippen LogP contribution in [0.2, 0.25) is 5.02 Å². The number of carbonyl (C=O) groups is 2. The Morgan fingerprint density at radius 3 is 2.53 bits per heavy atom. The van der Waals surface area contributed by atoms with Crippen molar-refractivity contribution in [3.63, 3.8) is 0 Å². The molecule has 2 aromatic carbocycles. The van der Waals surface area contributed by atoms with Gasteiger partial charge in [0, 0.05) is 50.1 Å². The van der Waals surface area contributed by atoms with Crippen LogP contribution in [0.5, 0.6) is 0 Å². The molecule has 1 aliphatic rings. The minimum atomic E-state index is -0.488. The van der Waals surface area contributed by atoms with Crippen molar-refractivity contribution in [2.45, 2.75) is 0 Å². The molecular formula is C24H21ClN4O5. The van der Waals surface area contributed by atoms with Crippen molar-refractivity contribution < 1.29 is 18.9 Å². The summed E-state index contributed by atoms with van der Waals surface area (Å²) in [5.74, 6) is -0.196. The lowest BCUT2D eigenvalue weighted by molar-refractivity contribution is -0.384. The van der Waals surface area contributed by atoms with Crippen molar-refractivity contribution in [2.24, 2.45) is 0 Å². The van der Waals surface area contributed by atoms with Gasteiger partial charge in [0.2, 0.25) is 5.91 Å². The molecule has 10 heteroatoms. The Morgan fingerprint density at radius 2 is 1.85 bits per heavy atom. The molecule has 0 atom stereocenters. The van der Waals surface area contributed by atoms with Gasteiger partial charge in [-0.3, -0.25) is 19.7 Å². The Morgan fingerprint density at radius 1 is 1.06 bits per heavy atom. The van der Waals surface area contributed by atoms with Crippen LogP contribution in [-0.2, 0) is 4.79 Å². The first-order valence-electron chi connectivity index (χ1n) is 10.5. The molecule has 2 heterocycles. The van der Waals surface area contributed by atoms with Crippen LogP contribution >= 0.6 is 11.6 Å². The molecule has 2 amide bonds. The molecule has 34 heavy (non-hydrogen) atoms. The number of rotatable bonds is 6. The van der Waals surface area contributed by atoms with Gasteiger partial charge >= 0.3 is 0 Å². The van der Waals surface area contributed by atoms with Crippen molar-refractivity contribution in [1.82, 2.24) is 4.90 Å². The van der Waals surface area contributed by atoms with Gasteiger partial charge in [-0.1, -0.05) is 23.7 Å². The van der Waals surface area contributed by atoms with Crippen LogP contribution in [-0.4, -0.2) is 47.8 Å². The summed E-state index contributed by atoms with van der Waals surface area (Å²) in [6.45, 7) is 2.31. The summed E-state index contributed by atoms with van der Waals surface area (Å²) >= 11 is 6.48. The summed E-state index contributed by atoms with van der Waals surface area (Å²) in [6.07, 6.45) is 4.28. The van der Waals surface area contributed by atoms with E-state index in [1.807, 2.05) is 6.07 Å². The highest BCUT2D eigenvalue weighted by molar-refractivity contribution is 6.33. The molecular weight excluding hydrogens is 460 g/mol. The largest absolute Gasteiger partial charge is 0.459 e. The standard InChI is InChI=1S/C24H21ClN4O5/c25-20-16-18(26-23(30)9-6-17-3-1-4-19(15-17)29(32)33)7-8-21(20)27-10-12-28(13-11-27)24(31)22-5-2-14-34-22/h1-9,14-16H,10-13H2,(H,26,30)/b9-6+. The van der Waals surface area contributed by atoms with E-state index in [2.05, 4.69) is 10.2 Å². The Kier molecular flexibility index (Phi) is 6.93. The number of nitrogens with zero attached hydrogens (tertiary/aromatic N) is 3. The van der Waals surface area contributed by atoms with Crippen LogP contribution in [0.15, 0.2) is 71.4 Å². The van der Waals surface area contributed by atoms with Gasteiger partial charge in [-0.2, -0.15) is 0 Å². The molecule has 174 valence electrons. The Labute approximate surface area is 200 Å². The van der Waals surface area contributed by atoms with Crippen molar-refractivity contribution in [1.29, 1.82) is 0 Å². The molecule has 1 fully saturated rings. The van der Waals surface area contributed by atoms with E-state index in [9.17, 15) is 19.7 Å². The zero-order valence-electron chi connectivity index (χ0n) is 18.0. The lowest BCUT2D eigenvalue weighted by Crippen LogP contribution is -2.48. The summed E-state index contributed by atoms with van der Waals surface area (Å²) in [5, 5.41) is 14.1. The maximum Gasteiger partial charge on any atom is 0.289 e. The SMILES string of the molecule is O=C(/C=C/c1cccc([N+](=O)[O-])c1)Nc1ccc(N2CCN(C(=O)c3ccco3)CC2)c(Cl)c1. The number of hydrogen-bond acceptors (Lipinski definition) is 6. The van der Waals surface area contributed by atoms with E-state index in [0.717, 1.165) is 5.69 Å². The van der Waals surface area contributed by atoms with Crippen molar-refractivity contribution in [3.05, 3.63) is 93.4 Å². The van der Waals surface area contributed by atoms with E-state index < -0.39 is 4.92 Å². The molecule has 3 aromatic rings. The predicted molar refractivity (Wildman–Crippen MR) is 129 cm³/mol. The summed E-state index contributed by atoms with van der Waals surface area (Å²) in [7, 11) is 0. The fourth-order valence-corrected chi connectivity index (χ4v) is 3.95. The van der Waals surface area contributed by atoms with Gasteiger partial charge in [0.05, 0.1) is 21.9 Å². The molecule has 1 saturated heterocycles. The monoisotopic (exact) mass is 480 g/mol. The molecule has 0 radical (unpaired) electrons. The minimum absolute atomic E-state index is 0.0453. The highest BCUT2D eigenvalue weighted by Crippen LogP contribution is 2.30. The number of nitrogens with one attached hydrogen (secondary N) is 1. The van der Waals surface area contributed by atoms with E-state index in [4.69, 9.17) is 16.0 Å². The second-order valence-electron chi connectivity index (χ2n) is 7.60. The van der Waals surface area contributed by atoms with Crippen LogP contribution < -0.4 is 10.2 Å². The minimum Gasteiger partial charge on any atom is -0.459 e. The number of benzene rings is 2. The van der Waals surface area contributed by atoms with E-state index in [0.29, 0.717) is 48.2 Å². The molecule has 1 aromatic heterocycles. The number of non-ortho nitro benzene ring substituents is 1. The van der Waals surface area contributed by atoms with Gasteiger partial charge in [-0.15, -0.1) is 0 Å². The van der Waals surface area contributed by atoms with Crippen molar-refractivity contribution in [2.75, 3.05) is 36.4 Å². The van der Waals surface area contributed by atoms with Crippen LogP contribution in [0.3, 0.4) is 0 Å². The number of furan rings is 1. The quantitative estimate of drug-likeness (QED) is 0.317. The Balaban J connectivity index is 1.34. The molecule has 0 bridgehead atoms. The fraction of sp³-hybridized carbons (Fsp3) is 0.167. The van der Waals surface area contributed by atoms with Gasteiger partial charge in [-0.25, -0.2) is 0 Å². The maximum atomic E-state index is 12.4. The van der Waals surface area contributed by atoms with Crippen LogP contribution in [0, 0.1) is 10.1 Å². The number of piperazine rings is 1. The number of halogens is 1. The lowest BCUT2D eigenvalue weighted by Gasteiger charge is -2.36. The summed E-state index contributed by atoms with van der Waals surface area (Å²) in [4.78, 5) is 38.9. The number of hydrogen-bond donors (Lipinski definition) is 1. The zero-order valence-corrected chi connectivity index (χ0v) is 18.8. The first-order valence-corrected chi connectivity index (χ1v) is 10.9. The molecule has 0 aliphatic carbocycles. The molecule has 0 saturated carbocycles. The highest BCUT2D eigenvalue weighted by atomic mass is 35.5. The van der Waals surface area contributed by atoms with Crippen LogP contribution in [0.4, 0.5) is 17.1 Å². The first-order chi connectivity index (χ1) is 16.4. The third kappa shape index (κ3) is 5.44. The molecule has 0 spiro atoms. The van der Waals surface area contributed by atoms with Gasteiger partial charge in [0.25, 0.3) is 11.6 Å². The summed E-state index contributed by atoms with van der Waals surface area (Å²) in [6, 6.07) is 14.6. The molecule has 0 unspecified atom stereocenters. The smallest absolute Gasteiger partial charge is 0.289 e. The van der Waals surface area contributed by atoms with E-state index >= 15 is 0 Å². The zero-order chi connectivity index (χ0) is 24.1. The molecule has 1 aliphatic heterocycles. The second-order valence-corrected chi connectivity index (χ2v) is 8.00. The van der Waals surface area contributed by atoms with Gasteiger partial charge in [0.15, 0.2) is 5.76 Å². The normalized spacial score (nSPS) is 13.8. The summed E-state index contributed by atoms with van der Waals surface area (Å²) in [5.41, 5.74) is 1.84.